The smallest absolute Gasteiger partial charge is 0.00452 e. The van der Waals surface area contributed by atoms with Gasteiger partial charge in [0, 0.05) is 4.88 Å². The third-order valence-electron chi connectivity index (χ3n) is 2.77. The monoisotopic (exact) mass is 196 g/mol. The minimum atomic E-state index is 0.958. The zero-order chi connectivity index (χ0) is 9.52. The van der Waals surface area contributed by atoms with Crippen molar-refractivity contribution in [2.24, 2.45) is 5.92 Å². The standard InChI is InChI=1S/C12H20S/c1-3-11(4-2)7-5-8-12-9-6-10-13-12/h6,9-11H,3-5,7-8H2,1-2H3. The molecule has 0 spiro atoms. The molecule has 0 amide bonds. The zero-order valence-electron chi connectivity index (χ0n) is 8.75. The van der Waals surface area contributed by atoms with Crippen molar-refractivity contribution in [3.8, 4) is 0 Å². The molecule has 0 atom stereocenters. The van der Waals surface area contributed by atoms with E-state index in [1.165, 1.54) is 32.1 Å². The molecule has 0 radical (unpaired) electrons. The van der Waals surface area contributed by atoms with Gasteiger partial charge in [0.2, 0.25) is 0 Å². The molecular weight excluding hydrogens is 176 g/mol. The van der Waals surface area contributed by atoms with E-state index in [9.17, 15) is 0 Å². The van der Waals surface area contributed by atoms with Crippen LogP contribution < -0.4 is 0 Å². The molecule has 1 aromatic rings. The Morgan fingerprint density at radius 2 is 2.08 bits per heavy atom. The topological polar surface area (TPSA) is 0 Å². The molecule has 0 nitrogen and oxygen atoms in total. The van der Waals surface area contributed by atoms with Gasteiger partial charge in [-0.05, 0) is 30.2 Å². The SMILES string of the molecule is CCC(CC)CCCc1cccs1. The van der Waals surface area contributed by atoms with Crippen LogP contribution in [-0.2, 0) is 6.42 Å². The highest BCUT2D eigenvalue weighted by molar-refractivity contribution is 7.09. The Hall–Kier alpha value is -0.300. The van der Waals surface area contributed by atoms with E-state index in [4.69, 9.17) is 0 Å². The van der Waals surface area contributed by atoms with Crippen molar-refractivity contribution in [1.82, 2.24) is 0 Å². The van der Waals surface area contributed by atoms with Gasteiger partial charge in [0.05, 0.1) is 0 Å². The lowest BCUT2D eigenvalue weighted by Crippen LogP contribution is -1.97. The fourth-order valence-electron chi connectivity index (χ4n) is 1.72. The van der Waals surface area contributed by atoms with Crippen LogP contribution in [0.4, 0.5) is 0 Å². The van der Waals surface area contributed by atoms with Crippen molar-refractivity contribution in [3.05, 3.63) is 22.4 Å². The maximum absolute atomic E-state index is 2.30. The second-order valence-electron chi connectivity index (χ2n) is 3.65. The van der Waals surface area contributed by atoms with E-state index in [0.29, 0.717) is 0 Å². The molecule has 0 N–H and O–H groups in total. The molecule has 0 saturated heterocycles. The molecule has 74 valence electrons. The maximum atomic E-state index is 2.30. The Morgan fingerprint density at radius 3 is 2.62 bits per heavy atom. The van der Waals surface area contributed by atoms with Gasteiger partial charge in [-0.1, -0.05) is 39.2 Å². The molecule has 1 aromatic heterocycles. The summed E-state index contributed by atoms with van der Waals surface area (Å²) >= 11 is 1.89. The lowest BCUT2D eigenvalue weighted by Gasteiger charge is -2.10. The molecule has 0 unspecified atom stereocenters. The van der Waals surface area contributed by atoms with Crippen molar-refractivity contribution in [3.63, 3.8) is 0 Å². The first-order chi connectivity index (χ1) is 6.36. The van der Waals surface area contributed by atoms with Crippen LogP contribution in [0.1, 0.15) is 44.4 Å². The average Bonchev–Trinajstić information content (AvgIpc) is 2.65. The van der Waals surface area contributed by atoms with Crippen LogP contribution in [0.25, 0.3) is 0 Å². The van der Waals surface area contributed by atoms with E-state index in [2.05, 4.69) is 31.4 Å². The summed E-state index contributed by atoms with van der Waals surface area (Å²) in [4.78, 5) is 1.55. The van der Waals surface area contributed by atoms with Gasteiger partial charge >= 0.3 is 0 Å². The zero-order valence-corrected chi connectivity index (χ0v) is 9.57. The molecule has 0 bridgehead atoms. The molecule has 0 aliphatic heterocycles. The van der Waals surface area contributed by atoms with Crippen LogP contribution in [0.5, 0.6) is 0 Å². The number of aryl methyl sites for hydroxylation is 1. The van der Waals surface area contributed by atoms with Gasteiger partial charge in [-0.15, -0.1) is 11.3 Å². The Morgan fingerprint density at radius 1 is 1.31 bits per heavy atom. The van der Waals surface area contributed by atoms with Crippen LogP contribution in [0.15, 0.2) is 17.5 Å². The summed E-state index contributed by atoms with van der Waals surface area (Å²) in [5.41, 5.74) is 0. The largest absolute Gasteiger partial charge is 0.149 e. The average molecular weight is 196 g/mol. The normalized spacial score (nSPS) is 11.0. The van der Waals surface area contributed by atoms with Crippen molar-refractivity contribution in [2.45, 2.75) is 46.0 Å². The number of rotatable bonds is 6. The fraction of sp³-hybridized carbons (Fsp3) is 0.667. The summed E-state index contributed by atoms with van der Waals surface area (Å²) in [6.45, 7) is 4.61. The van der Waals surface area contributed by atoms with E-state index >= 15 is 0 Å². The fourth-order valence-corrected chi connectivity index (χ4v) is 2.47. The predicted octanol–water partition coefficient (Wildman–Crippen LogP) is 4.51. The van der Waals surface area contributed by atoms with Crippen molar-refractivity contribution < 1.29 is 0 Å². The number of hydrogen-bond donors (Lipinski definition) is 0. The Kier molecular flexibility index (Phi) is 5.14. The predicted molar refractivity (Wildman–Crippen MR) is 61.3 cm³/mol. The number of thiophene rings is 1. The highest BCUT2D eigenvalue weighted by Gasteiger charge is 2.02. The van der Waals surface area contributed by atoms with Gasteiger partial charge in [-0.25, -0.2) is 0 Å². The molecule has 1 heteroatoms. The first-order valence-electron chi connectivity index (χ1n) is 5.39. The van der Waals surface area contributed by atoms with Gasteiger partial charge in [0.25, 0.3) is 0 Å². The number of hydrogen-bond acceptors (Lipinski definition) is 1. The van der Waals surface area contributed by atoms with E-state index in [1.807, 2.05) is 11.3 Å². The van der Waals surface area contributed by atoms with Crippen molar-refractivity contribution >= 4 is 11.3 Å². The molecule has 0 aliphatic carbocycles. The quantitative estimate of drug-likeness (QED) is 0.628. The van der Waals surface area contributed by atoms with Crippen molar-refractivity contribution in [2.75, 3.05) is 0 Å². The van der Waals surface area contributed by atoms with Gasteiger partial charge in [0.1, 0.15) is 0 Å². The maximum Gasteiger partial charge on any atom is 0.00452 e. The second kappa shape index (κ2) is 6.20. The minimum absolute atomic E-state index is 0.958. The Balaban J connectivity index is 2.13. The van der Waals surface area contributed by atoms with Crippen LogP contribution in [0.2, 0.25) is 0 Å². The Labute approximate surface area is 86.0 Å². The summed E-state index contributed by atoms with van der Waals surface area (Å²) in [5.74, 6) is 0.958. The van der Waals surface area contributed by atoms with Crippen molar-refractivity contribution in [1.29, 1.82) is 0 Å². The lowest BCUT2D eigenvalue weighted by atomic mass is 9.96. The van der Waals surface area contributed by atoms with Gasteiger partial charge in [-0.2, -0.15) is 0 Å². The summed E-state index contributed by atoms with van der Waals surface area (Å²) in [5, 5.41) is 2.17. The Bertz CT molecular complexity index is 197. The molecule has 0 aromatic carbocycles. The molecular formula is C12H20S. The van der Waals surface area contributed by atoms with Gasteiger partial charge in [-0.3, -0.25) is 0 Å². The molecule has 0 fully saturated rings. The van der Waals surface area contributed by atoms with Crippen LogP contribution in [-0.4, -0.2) is 0 Å². The summed E-state index contributed by atoms with van der Waals surface area (Å²) in [6, 6.07) is 4.40. The van der Waals surface area contributed by atoms with Crippen LogP contribution >= 0.6 is 11.3 Å². The molecule has 1 rings (SSSR count). The highest BCUT2D eigenvalue weighted by atomic mass is 32.1. The van der Waals surface area contributed by atoms with Crippen LogP contribution in [0.3, 0.4) is 0 Å². The third kappa shape index (κ3) is 3.95. The van der Waals surface area contributed by atoms with Gasteiger partial charge in [0.15, 0.2) is 0 Å². The first-order valence-corrected chi connectivity index (χ1v) is 6.27. The van der Waals surface area contributed by atoms with E-state index < -0.39 is 0 Å². The van der Waals surface area contributed by atoms with Gasteiger partial charge < -0.3 is 0 Å². The molecule has 0 aliphatic rings. The first kappa shape index (κ1) is 10.8. The third-order valence-corrected chi connectivity index (χ3v) is 3.71. The molecule has 13 heavy (non-hydrogen) atoms. The van der Waals surface area contributed by atoms with E-state index in [-0.39, 0.29) is 0 Å². The van der Waals surface area contributed by atoms with E-state index in [1.54, 1.807) is 4.88 Å². The minimum Gasteiger partial charge on any atom is -0.149 e. The summed E-state index contributed by atoms with van der Waals surface area (Å²) < 4.78 is 0. The summed E-state index contributed by atoms with van der Waals surface area (Å²) in [6.07, 6.45) is 6.76. The second-order valence-corrected chi connectivity index (χ2v) is 4.69. The molecule has 1 heterocycles. The molecule has 0 saturated carbocycles. The van der Waals surface area contributed by atoms with Crippen LogP contribution in [0, 0.1) is 5.92 Å². The van der Waals surface area contributed by atoms with E-state index in [0.717, 1.165) is 5.92 Å². The lowest BCUT2D eigenvalue weighted by molar-refractivity contribution is 0.442. The highest BCUT2D eigenvalue weighted by Crippen LogP contribution is 2.18. The summed E-state index contributed by atoms with van der Waals surface area (Å²) in [7, 11) is 0.